The largest absolute Gasteiger partial charge is 0.493 e. The Morgan fingerprint density at radius 2 is 2.26 bits per heavy atom. The van der Waals surface area contributed by atoms with Crippen LogP contribution < -0.4 is 10.1 Å². The molecule has 0 saturated carbocycles. The molecule has 0 radical (unpaired) electrons. The van der Waals surface area contributed by atoms with Crippen LogP contribution >= 0.6 is 0 Å². The van der Waals surface area contributed by atoms with E-state index in [0.717, 1.165) is 24.3 Å². The van der Waals surface area contributed by atoms with Crippen molar-refractivity contribution in [2.24, 2.45) is 7.05 Å². The number of hydrogen-bond acceptors (Lipinski definition) is 4. The molecule has 0 aliphatic heterocycles. The molecule has 0 amide bonds. The summed E-state index contributed by atoms with van der Waals surface area (Å²) in [6.07, 6.45) is 7.39. The Bertz CT molecular complexity index is 509. The van der Waals surface area contributed by atoms with E-state index in [-0.39, 0.29) is 6.04 Å². The molecule has 2 aromatic rings. The molecule has 0 aliphatic carbocycles. The Labute approximate surface area is 113 Å². The summed E-state index contributed by atoms with van der Waals surface area (Å²) in [6, 6.07) is 4.27. The molecular formula is C14H20N4O. The maximum atomic E-state index is 5.37. The third kappa shape index (κ3) is 3.12. The molecule has 5 nitrogen and oxygen atoms in total. The molecular weight excluding hydrogens is 240 g/mol. The number of ether oxygens (including phenoxy) is 1. The van der Waals surface area contributed by atoms with Crippen molar-refractivity contribution in [1.29, 1.82) is 0 Å². The van der Waals surface area contributed by atoms with Crippen molar-refractivity contribution in [1.82, 2.24) is 20.1 Å². The van der Waals surface area contributed by atoms with Crippen molar-refractivity contribution in [3.63, 3.8) is 0 Å². The smallest absolute Gasteiger partial charge is 0.161 e. The van der Waals surface area contributed by atoms with Crippen LogP contribution in [-0.2, 0) is 13.5 Å². The van der Waals surface area contributed by atoms with E-state index in [1.54, 1.807) is 19.5 Å². The van der Waals surface area contributed by atoms with Gasteiger partial charge in [-0.1, -0.05) is 6.07 Å². The molecule has 0 saturated heterocycles. The summed E-state index contributed by atoms with van der Waals surface area (Å²) in [5, 5.41) is 7.58. The SMILES string of the molecule is CNC(CCc1cccnc1)c1c(OC)cnn1C. The van der Waals surface area contributed by atoms with E-state index in [0.29, 0.717) is 0 Å². The molecule has 2 heterocycles. The van der Waals surface area contributed by atoms with Crippen molar-refractivity contribution < 1.29 is 4.74 Å². The van der Waals surface area contributed by atoms with E-state index >= 15 is 0 Å². The average Bonchev–Trinajstić information content (AvgIpc) is 2.82. The fourth-order valence-electron chi connectivity index (χ4n) is 2.26. The number of pyridine rings is 1. The topological polar surface area (TPSA) is 52.0 Å². The van der Waals surface area contributed by atoms with Crippen LogP contribution in [0.4, 0.5) is 0 Å². The van der Waals surface area contributed by atoms with Gasteiger partial charge < -0.3 is 10.1 Å². The van der Waals surface area contributed by atoms with Crippen LogP contribution in [0.1, 0.15) is 23.7 Å². The lowest BCUT2D eigenvalue weighted by molar-refractivity contribution is 0.393. The predicted molar refractivity (Wildman–Crippen MR) is 74.1 cm³/mol. The van der Waals surface area contributed by atoms with Gasteiger partial charge in [-0.25, -0.2) is 0 Å². The second kappa shape index (κ2) is 6.33. The zero-order chi connectivity index (χ0) is 13.7. The Morgan fingerprint density at radius 1 is 1.42 bits per heavy atom. The molecule has 2 aromatic heterocycles. The molecule has 0 aliphatic rings. The third-order valence-electron chi connectivity index (χ3n) is 3.29. The Hall–Kier alpha value is -1.88. The highest BCUT2D eigenvalue weighted by molar-refractivity contribution is 5.28. The second-order valence-corrected chi connectivity index (χ2v) is 4.46. The van der Waals surface area contributed by atoms with Gasteiger partial charge in [0, 0.05) is 19.4 Å². The van der Waals surface area contributed by atoms with Crippen molar-refractivity contribution >= 4 is 0 Å². The third-order valence-corrected chi connectivity index (χ3v) is 3.29. The molecule has 2 rings (SSSR count). The molecule has 1 N–H and O–H groups in total. The molecule has 1 atom stereocenters. The second-order valence-electron chi connectivity index (χ2n) is 4.46. The number of nitrogens with one attached hydrogen (secondary N) is 1. The van der Waals surface area contributed by atoms with E-state index in [4.69, 9.17) is 4.74 Å². The van der Waals surface area contributed by atoms with Crippen LogP contribution in [0.3, 0.4) is 0 Å². The van der Waals surface area contributed by atoms with Crippen LogP contribution in [0.5, 0.6) is 5.75 Å². The lowest BCUT2D eigenvalue weighted by Crippen LogP contribution is -2.20. The lowest BCUT2D eigenvalue weighted by atomic mass is 10.0. The van der Waals surface area contributed by atoms with Crippen LogP contribution in [0.2, 0.25) is 0 Å². The van der Waals surface area contributed by atoms with Gasteiger partial charge in [-0.05, 0) is 31.5 Å². The fraction of sp³-hybridized carbons (Fsp3) is 0.429. The van der Waals surface area contributed by atoms with Crippen LogP contribution in [0.15, 0.2) is 30.7 Å². The van der Waals surface area contributed by atoms with Gasteiger partial charge in [0.05, 0.1) is 25.0 Å². The molecule has 102 valence electrons. The van der Waals surface area contributed by atoms with Gasteiger partial charge in [0.1, 0.15) is 0 Å². The Balaban J connectivity index is 2.10. The average molecular weight is 260 g/mol. The van der Waals surface area contributed by atoms with Crippen molar-refractivity contribution in [2.75, 3.05) is 14.2 Å². The van der Waals surface area contributed by atoms with Gasteiger partial charge >= 0.3 is 0 Å². The predicted octanol–water partition coefficient (Wildman–Crippen LogP) is 1.72. The van der Waals surface area contributed by atoms with E-state index in [9.17, 15) is 0 Å². The standard InChI is InChI=1S/C14H20N4O/c1-15-12(7-6-11-5-4-8-16-9-11)14-13(19-3)10-17-18(14)2/h4-5,8-10,12,15H,6-7H2,1-3H3. The minimum absolute atomic E-state index is 0.211. The summed E-state index contributed by atoms with van der Waals surface area (Å²) >= 11 is 0. The van der Waals surface area contributed by atoms with Crippen molar-refractivity contribution in [2.45, 2.75) is 18.9 Å². The molecule has 5 heteroatoms. The first-order valence-corrected chi connectivity index (χ1v) is 6.38. The first kappa shape index (κ1) is 13.5. The van der Waals surface area contributed by atoms with Crippen LogP contribution in [-0.4, -0.2) is 28.9 Å². The van der Waals surface area contributed by atoms with E-state index in [1.807, 2.05) is 31.0 Å². The highest BCUT2D eigenvalue weighted by Crippen LogP contribution is 2.27. The first-order valence-electron chi connectivity index (χ1n) is 6.38. The van der Waals surface area contributed by atoms with Crippen molar-refractivity contribution in [3.8, 4) is 5.75 Å². The number of rotatable bonds is 6. The first-order chi connectivity index (χ1) is 9.26. The minimum atomic E-state index is 0.211. The molecule has 19 heavy (non-hydrogen) atoms. The molecule has 0 spiro atoms. The summed E-state index contributed by atoms with van der Waals surface area (Å²) in [5.41, 5.74) is 2.32. The summed E-state index contributed by atoms with van der Waals surface area (Å²) in [6.45, 7) is 0. The summed E-state index contributed by atoms with van der Waals surface area (Å²) in [5.74, 6) is 0.827. The highest BCUT2D eigenvalue weighted by Gasteiger charge is 2.18. The van der Waals surface area contributed by atoms with E-state index < -0.39 is 0 Å². The highest BCUT2D eigenvalue weighted by atomic mass is 16.5. The quantitative estimate of drug-likeness (QED) is 0.859. The molecule has 0 fully saturated rings. The van der Waals surface area contributed by atoms with Gasteiger partial charge in [0.25, 0.3) is 0 Å². The van der Waals surface area contributed by atoms with Gasteiger partial charge in [0.15, 0.2) is 5.75 Å². The van der Waals surface area contributed by atoms with E-state index in [1.165, 1.54) is 5.56 Å². The monoisotopic (exact) mass is 260 g/mol. The zero-order valence-corrected chi connectivity index (χ0v) is 11.6. The molecule has 0 aromatic carbocycles. The number of methoxy groups -OCH3 is 1. The summed E-state index contributed by atoms with van der Waals surface area (Å²) in [7, 11) is 5.57. The summed E-state index contributed by atoms with van der Waals surface area (Å²) < 4.78 is 7.23. The summed E-state index contributed by atoms with van der Waals surface area (Å²) in [4.78, 5) is 4.14. The Kier molecular flexibility index (Phi) is 4.52. The zero-order valence-electron chi connectivity index (χ0n) is 11.6. The van der Waals surface area contributed by atoms with Crippen LogP contribution in [0.25, 0.3) is 0 Å². The number of nitrogens with zero attached hydrogens (tertiary/aromatic N) is 3. The number of hydrogen-bond donors (Lipinski definition) is 1. The maximum Gasteiger partial charge on any atom is 0.161 e. The van der Waals surface area contributed by atoms with Gasteiger partial charge in [-0.3, -0.25) is 9.67 Å². The fourth-order valence-corrected chi connectivity index (χ4v) is 2.26. The molecule has 1 unspecified atom stereocenters. The van der Waals surface area contributed by atoms with Crippen LogP contribution in [0, 0.1) is 0 Å². The van der Waals surface area contributed by atoms with Gasteiger partial charge in [0.2, 0.25) is 0 Å². The number of aromatic nitrogens is 3. The Morgan fingerprint density at radius 3 is 2.89 bits per heavy atom. The van der Waals surface area contributed by atoms with E-state index in [2.05, 4.69) is 21.5 Å². The maximum absolute atomic E-state index is 5.37. The minimum Gasteiger partial charge on any atom is -0.493 e. The lowest BCUT2D eigenvalue weighted by Gasteiger charge is -2.17. The molecule has 0 bridgehead atoms. The van der Waals surface area contributed by atoms with Gasteiger partial charge in [-0.15, -0.1) is 0 Å². The van der Waals surface area contributed by atoms with Crippen molar-refractivity contribution in [3.05, 3.63) is 42.0 Å². The normalized spacial score (nSPS) is 12.4. The van der Waals surface area contributed by atoms with Gasteiger partial charge in [-0.2, -0.15) is 5.10 Å². The number of aryl methyl sites for hydroxylation is 2.